The predicted octanol–water partition coefficient (Wildman–Crippen LogP) is 24.7. The Hall–Kier alpha value is -6.12. The number of benzene rings is 8. The predicted molar refractivity (Wildman–Crippen MR) is 392 cm³/mol. The number of ether oxygens (including phenoxy) is 2. The number of aromatic nitrogens is 2. The molecular weight excluding hydrogens is 1290 g/mol. The molecule has 0 spiro atoms. The van der Waals surface area contributed by atoms with Gasteiger partial charge in [0.05, 0.1) is 46.7 Å². The quantitative estimate of drug-likeness (QED) is 0.106. The van der Waals surface area contributed by atoms with Crippen molar-refractivity contribution in [3.8, 4) is 56.6 Å². The number of hydrogen-bond donors (Lipinski definition) is 2. The Balaban J connectivity index is 0.00000340. The van der Waals surface area contributed by atoms with E-state index in [2.05, 4.69) is 246 Å². The van der Waals surface area contributed by atoms with Crippen LogP contribution in [0.15, 0.2) is 133 Å². The Morgan fingerprint density at radius 2 is 0.638 bits per heavy atom. The fourth-order valence-electron chi connectivity index (χ4n) is 14.2. The van der Waals surface area contributed by atoms with Crippen LogP contribution in [0.25, 0.3) is 77.2 Å². The normalized spacial score (nSPS) is 13.1. The third-order valence-corrected chi connectivity index (χ3v) is 18.4. The van der Waals surface area contributed by atoms with E-state index in [9.17, 15) is 10.2 Å². The molecule has 8 aromatic carbocycles. The average molecular weight is 1390 g/mol. The minimum atomic E-state index is -0.826. The van der Waals surface area contributed by atoms with E-state index in [1.165, 1.54) is 46.5 Å². The van der Waals surface area contributed by atoms with Crippen molar-refractivity contribution in [2.75, 3.05) is 13.2 Å². The zero-order chi connectivity index (χ0) is 69.4. The molecule has 0 saturated heterocycles. The number of nitrogens with zero attached hydrogens (tertiary/aromatic N) is 2. The molecule has 0 atom stereocenters. The van der Waals surface area contributed by atoms with Crippen LogP contribution in [0.4, 0.5) is 8.78 Å². The van der Waals surface area contributed by atoms with Gasteiger partial charge in [0.2, 0.25) is 0 Å². The van der Waals surface area contributed by atoms with Gasteiger partial charge < -0.3 is 28.8 Å². The number of aromatic hydroxyl groups is 2. The first kappa shape index (κ1) is 72.2. The van der Waals surface area contributed by atoms with Crippen LogP contribution in [-0.2, 0) is 53.3 Å². The molecule has 0 radical (unpaired) electrons. The standard InChI is InChI=1S/C83H100F2N2O4.2ClH.Zr/c1-76(2,3)48-82(19,20)54-42-64(74(88)70(44-54)86-66-30-24-50(78(7,8)9)38-58(66)59-39-51(79(10,11)12)25-31-67(59)86)62-46-56(84)28-34-72(62)90-36-23-37-91-73-35-29-57(85)47-63(73)65-43-55(83(21,22)49-77(4,5)6)45-71(75(65)89)87-68-32-26-52(80(13,14)15)40-60(68)61-41-53(81(16,17)18)27-33-69(61)87;;;/h24-35,38-47,88-89H,23,36-37,48-49H2,1-22H3;2*1H;/q;;;+2/p-2. The third-order valence-electron chi connectivity index (χ3n) is 18.4. The van der Waals surface area contributed by atoms with E-state index >= 15 is 8.78 Å². The van der Waals surface area contributed by atoms with Crippen molar-refractivity contribution in [3.63, 3.8) is 0 Å². The van der Waals surface area contributed by atoms with Crippen molar-refractivity contribution in [2.24, 2.45) is 10.8 Å². The van der Waals surface area contributed by atoms with Gasteiger partial charge in [-0.1, -0.05) is 177 Å². The summed E-state index contributed by atoms with van der Waals surface area (Å²) in [5.74, 6) is -0.0900. The minimum absolute atomic E-state index is 0.0105. The first-order valence-electron chi connectivity index (χ1n) is 33.2. The first-order chi connectivity index (χ1) is 43.4. The summed E-state index contributed by atoms with van der Waals surface area (Å²) in [5, 5.41) is 30.4. The van der Waals surface area contributed by atoms with Gasteiger partial charge in [-0.2, -0.15) is 0 Å². The summed E-state index contributed by atoms with van der Waals surface area (Å²) >= 11 is -0.826. The van der Waals surface area contributed by atoms with E-state index in [0.717, 1.165) is 67.6 Å². The van der Waals surface area contributed by atoms with Crippen LogP contribution in [0.5, 0.6) is 23.0 Å². The van der Waals surface area contributed by atoms with Crippen LogP contribution in [0, 0.1) is 22.5 Å². The van der Waals surface area contributed by atoms with Gasteiger partial charge in [-0.15, -0.1) is 0 Å². The number of phenolic OH excluding ortho intramolecular Hbond substituents is 2. The monoisotopic (exact) mass is 1390 g/mol. The SMILES string of the molecule is CC(C)(C)CC(C)(C)c1cc(-c2cc(F)ccc2OCCCOc2ccc(F)cc2-c2cc(C(C)(C)CC(C)(C)C)cc(-n3c4ccc(C(C)(C)C)cc4c4cc(C(C)(C)C)ccc43)c2O)c(O)c(-n2c3ccc(C(C)(C)C)cc3c3cc(C(C)(C)C)ccc32)c1.[Cl][Zr][Cl]. The summed E-state index contributed by atoms with van der Waals surface area (Å²) in [6.07, 6.45) is 2.06. The van der Waals surface area contributed by atoms with E-state index < -0.39 is 32.5 Å². The second-order valence-corrected chi connectivity index (χ2v) is 37.8. The molecule has 2 aromatic heterocycles. The van der Waals surface area contributed by atoms with Gasteiger partial charge in [0.15, 0.2) is 0 Å². The van der Waals surface area contributed by atoms with E-state index in [-0.39, 0.29) is 68.0 Å². The van der Waals surface area contributed by atoms with Crippen LogP contribution in [-0.4, -0.2) is 32.6 Å². The Morgan fingerprint density at radius 3 is 0.894 bits per heavy atom. The molecule has 0 bridgehead atoms. The molecule has 0 aliphatic rings. The second kappa shape index (κ2) is 26.4. The Morgan fingerprint density at radius 1 is 0.362 bits per heavy atom. The fourth-order valence-corrected chi connectivity index (χ4v) is 14.2. The van der Waals surface area contributed by atoms with Gasteiger partial charge in [-0.25, -0.2) is 8.78 Å². The molecule has 2 heterocycles. The van der Waals surface area contributed by atoms with Gasteiger partial charge in [0, 0.05) is 50.2 Å². The van der Waals surface area contributed by atoms with Gasteiger partial charge in [0.25, 0.3) is 0 Å². The van der Waals surface area contributed by atoms with Crippen molar-refractivity contribution >= 4 is 60.6 Å². The van der Waals surface area contributed by atoms with Crippen LogP contribution < -0.4 is 9.47 Å². The zero-order valence-corrected chi connectivity index (χ0v) is 63.8. The molecule has 6 nitrogen and oxygen atoms in total. The summed E-state index contributed by atoms with van der Waals surface area (Å²) in [6.45, 7) is 49.5. The molecule has 0 fully saturated rings. The number of halogens is 4. The fraction of sp³-hybridized carbons (Fsp3) is 0.422. The van der Waals surface area contributed by atoms with E-state index in [1.807, 2.05) is 12.1 Å². The summed E-state index contributed by atoms with van der Waals surface area (Å²) in [7, 11) is 9.87. The number of phenols is 2. The van der Waals surface area contributed by atoms with E-state index in [0.29, 0.717) is 51.5 Å². The molecule has 11 heteroatoms. The van der Waals surface area contributed by atoms with E-state index in [1.54, 1.807) is 12.1 Å². The van der Waals surface area contributed by atoms with Crippen molar-refractivity contribution in [1.82, 2.24) is 9.13 Å². The third kappa shape index (κ3) is 15.5. The van der Waals surface area contributed by atoms with Gasteiger partial charge >= 0.3 is 37.9 Å². The van der Waals surface area contributed by atoms with Crippen LogP contribution in [0.2, 0.25) is 0 Å². The van der Waals surface area contributed by atoms with Crippen LogP contribution in [0.1, 0.15) is 205 Å². The maximum atomic E-state index is 15.9. The molecule has 0 aliphatic heterocycles. The topological polar surface area (TPSA) is 68.8 Å². The van der Waals surface area contributed by atoms with Crippen molar-refractivity contribution < 1.29 is 49.3 Å². The Labute approximate surface area is 578 Å². The molecule has 498 valence electrons. The molecule has 0 aliphatic carbocycles. The molecule has 10 rings (SSSR count). The summed E-state index contributed by atoms with van der Waals surface area (Å²) in [5.41, 5.74) is 12.4. The number of rotatable bonds is 14. The maximum absolute atomic E-state index is 15.9. The van der Waals surface area contributed by atoms with Crippen molar-refractivity contribution in [3.05, 3.63) is 178 Å². The molecule has 0 unspecified atom stereocenters. The van der Waals surface area contributed by atoms with E-state index in [4.69, 9.17) is 26.5 Å². The Kier molecular flexibility index (Phi) is 20.2. The van der Waals surface area contributed by atoms with Gasteiger partial charge in [-0.3, -0.25) is 0 Å². The zero-order valence-electron chi connectivity index (χ0n) is 59.9. The van der Waals surface area contributed by atoms with Crippen molar-refractivity contribution in [2.45, 2.75) is 204 Å². The van der Waals surface area contributed by atoms with Gasteiger partial charge in [0.1, 0.15) is 34.6 Å². The summed E-state index contributed by atoms with van der Waals surface area (Å²) < 4.78 is 49.6. The Bertz CT molecular complexity index is 4050. The molecule has 94 heavy (non-hydrogen) atoms. The average Bonchev–Trinajstić information content (AvgIpc) is 1.57. The van der Waals surface area contributed by atoms with Crippen LogP contribution in [0.3, 0.4) is 0 Å². The molecule has 10 aromatic rings. The second-order valence-electron chi connectivity index (χ2n) is 34.0. The summed E-state index contributed by atoms with van der Waals surface area (Å²) in [6, 6.07) is 43.9. The number of hydrogen-bond acceptors (Lipinski definition) is 4. The molecule has 0 saturated carbocycles. The van der Waals surface area contributed by atoms with Crippen molar-refractivity contribution in [1.29, 1.82) is 0 Å². The molecule has 2 N–H and O–H groups in total. The summed E-state index contributed by atoms with van der Waals surface area (Å²) in [4.78, 5) is 0. The van der Waals surface area contributed by atoms with Gasteiger partial charge in [-0.05, 0) is 199 Å². The molecular formula is C83H100Cl2F2N2O4Zr. The number of fused-ring (bicyclic) bond motifs is 6. The molecule has 0 amide bonds. The first-order valence-corrected chi connectivity index (χ1v) is 39.5. The van der Waals surface area contributed by atoms with Crippen LogP contribution >= 0.6 is 17.0 Å².